The summed E-state index contributed by atoms with van der Waals surface area (Å²) < 4.78 is 10.8. The summed E-state index contributed by atoms with van der Waals surface area (Å²) in [6, 6.07) is 0. The molecule has 1 atom stereocenters. The summed E-state index contributed by atoms with van der Waals surface area (Å²) in [5.74, 6) is 1.29. The Balaban J connectivity index is 1.85. The van der Waals surface area contributed by atoms with Gasteiger partial charge in [-0.1, -0.05) is 0 Å². The number of rotatable bonds is 1. The predicted octanol–water partition coefficient (Wildman–Crippen LogP) is 1.25. The van der Waals surface area contributed by atoms with Gasteiger partial charge >= 0.3 is 0 Å². The van der Waals surface area contributed by atoms with Crippen LogP contribution in [0, 0.1) is 0 Å². The van der Waals surface area contributed by atoms with Gasteiger partial charge in [0.2, 0.25) is 0 Å². The van der Waals surface area contributed by atoms with E-state index in [9.17, 15) is 0 Å². The molecule has 2 rings (SSSR count). The first-order chi connectivity index (χ1) is 4.97. The quantitative estimate of drug-likeness (QED) is 0.575. The minimum absolute atomic E-state index is 0.118. The molecule has 2 nitrogen and oxygen atoms in total. The smallest absolute Gasteiger partial charge is 0.169 e. The van der Waals surface area contributed by atoms with Crippen LogP contribution >= 0.6 is 11.8 Å². The summed E-state index contributed by atoms with van der Waals surface area (Å²) in [5, 5.41) is 0.627. The Morgan fingerprint density at radius 1 is 1.20 bits per heavy atom. The van der Waals surface area contributed by atoms with Gasteiger partial charge in [-0.2, -0.15) is 11.8 Å². The van der Waals surface area contributed by atoms with E-state index in [0.717, 1.165) is 13.2 Å². The molecule has 2 aliphatic heterocycles. The largest absolute Gasteiger partial charge is 0.349 e. The van der Waals surface area contributed by atoms with Crippen LogP contribution in [0.5, 0.6) is 0 Å². The van der Waals surface area contributed by atoms with Gasteiger partial charge in [0.05, 0.1) is 18.5 Å². The molecule has 0 spiro atoms. The molecule has 0 N–H and O–H groups in total. The minimum Gasteiger partial charge on any atom is -0.349 e. The van der Waals surface area contributed by atoms with Crippen molar-refractivity contribution in [1.82, 2.24) is 0 Å². The molecule has 0 saturated carbocycles. The van der Waals surface area contributed by atoms with Crippen molar-refractivity contribution in [3.05, 3.63) is 0 Å². The van der Waals surface area contributed by atoms with Crippen LogP contribution in [-0.2, 0) is 9.47 Å². The molecule has 58 valence electrons. The van der Waals surface area contributed by atoms with E-state index in [1.807, 2.05) is 11.8 Å². The standard InChI is InChI=1S/C7H12O2S/c1-2-6(10-5-1)7-8-3-4-9-7/h6-7H,1-5H2. The van der Waals surface area contributed by atoms with E-state index in [4.69, 9.17) is 9.47 Å². The number of hydrogen-bond donors (Lipinski definition) is 0. The average molecular weight is 160 g/mol. The van der Waals surface area contributed by atoms with Crippen LogP contribution in [0.1, 0.15) is 12.8 Å². The fourth-order valence-corrected chi connectivity index (χ4v) is 2.69. The molecular weight excluding hydrogens is 148 g/mol. The SMILES string of the molecule is C1CSC(C2OCCO2)C1. The highest BCUT2D eigenvalue weighted by Crippen LogP contribution is 2.31. The van der Waals surface area contributed by atoms with Crippen LogP contribution in [0.3, 0.4) is 0 Å². The van der Waals surface area contributed by atoms with E-state index in [1.165, 1.54) is 18.6 Å². The molecule has 0 aromatic heterocycles. The third-order valence-corrected chi connectivity index (χ3v) is 3.33. The second kappa shape index (κ2) is 3.11. The van der Waals surface area contributed by atoms with Crippen LogP contribution in [0.15, 0.2) is 0 Å². The van der Waals surface area contributed by atoms with Gasteiger partial charge in [-0.15, -0.1) is 0 Å². The highest BCUT2D eigenvalue weighted by atomic mass is 32.2. The maximum atomic E-state index is 5.39. The van der Waals surface area contributed by atoms with Gasteiger partial charge in [0.25, 0.3) is 0 Å². The number of hydrogen-bond acceptors (Lipinski definition) is 3. The molecule has 0 aromatic rings. The van der Waals surface area contributed by atoms with E-state index in [-0.39, 0.29) is 6.29 Å². The second-order valence-corrected chi connectivity index (χ2v) is 4.01. The number of ether oxygens (including phenoxy) is 2. The third-order valence-electron chi connectivity index (χ3n) is 1.92. The molecule has 0 aliphatic carbocycles. The lowest BCUT2D eigenvalue weighted by atomic mass is 10.2. The lowest BCUT2D eigenvalue weighted by Crippen LogP contribution is -2.21. The lowest BCUT2D eigenvalue weighted by Gasteiger charge is -2.14. The van der Waals surface area contributed by atoms with Crippen LogP contribution in [0.4, 0.5) is 0 Å². The molecular formula is C7H12O2S. The molecule has 2 heterocycles. The van der Waals surface area contributed by atoms with Gasteiger partial charge < -0.3 is 9.47 Å². The van der Waals surface area contributed by atoms with Gasteiger partial charge in [0, 0.05) is 0 Å². The fourth-order valence-electron chi connectivity index (χ4n) is 1.41. The zero-order valence-corrected chi connectivity index (χ0v) is 6.73. The van der Waals surface area contributed by atoms with Gasteiger partial charge in [-0.05, 0) is 18.6 Å². The maximum absolute atomic E-state index is 5.39. The second-order valence-electron chi connectivity index (χ2n) is 2.66. The Kier molecular flexibility index (Phi) is 2.16. The van der Waals surface area contributed by atoms with E-state index in [0.29, 0.717) is 5.25 Å². The monoisotopic (exact) mass is 160 g/mol. The summed E-state index contributed by atoms with van der Waals surface area (Å²) in [5.41, 5.74) is 0. The van der Waals surface area contributed by atoms with Crippen LogP contribution in [-0.4, -0.2) is 30.5 Å². The average Bonchev–Trinajstić information content (AvgIpc) is 2.59. The number of thioether (sulfide) groups is 1. The molecule has 10 heavy (non-hydrogen) atoms. The van der Waals surface area contributed by atoms with E-state index in [2.05, 4.69) is 0 Å². The van der Waals surface area contributed by atoms with Crippen LogP contribution < -0.4 is 0 Å². The summed E-state index contributed by atoms with van der Waals surface area (Å²) >= 11 is 1.99. The molecule has 3 heteroatoms. The van der Waals surface area contributed by atoms with Crippen LogP contribution in [0.2, 0.25) is 0 Å². The van der Waals surface area contributed by atoms with Gasteiger partial charge in [-0.3, -0.25) is 0 Å². The van der Waals surface area contributed by atoms with Crippen LogP contribution in [0.25, 0.3) is 0 Å². The zero-order valence-electron chi connectivity index (χ0n) is 5.91. The van der Waals surface area contributed by atoms with Crippen molar-refractivity contribution in [2.45, 2.75) is 24.4 Å². The molecule has 0 radical (unpaired) electrons. The Morgan fingerprint density at radius 3 is 2.60 bits per heavy atom. The molecule has 2 aliphatic rings. The van der Waals surface area contributed by atoms with Crippen molar-refractivity contribution in [2.24, 2.45) is 0 Å². The highest BCUT2D eigenvalue weighted by molar-refractivity contribution is 8.00. The molecule has 0 bridgehead atoms. The van der Waals surface area contributed by atoms with Gasteiger partial charge in [0.1, 0.15) is 0 Å². The van der Waals surface area contributed by atoms with Crippen molar-refractivity contribution in [3.63, 3.8) is 0 Å². The lowest BCUT2D eigenvalue weighted by molar-refractivity contribution is -0.0417. The summed E-state index contributed by atoms with van der Waals surface area (Å²) in [6.45, 7) is 1.59. The first-order valence-corrected chi connectivity index (χ1v) is 4.86. The fraction of sp³-hybridized carbons (Fsp3) is 1.00. The van der Waals surface area contributed by atoms with Crippen molar-refractivity contribution >= 4 is 11.8 Å². The Morgan fingerprint density at radius 2 is 2.00 bits per heavy atom. The van der Waals surface area contributed by atoms with Crippen molar-refractivity contribution in [3.8, 4) is 0 Å². The first kappa shape index (κ1) is 6.95. The van der Waals surface area contributed by atoms with Crippen molar-refractivity contribution in [1.29, 1.82) is 0 Å². The normalized spacial score (nSPS) is 35.4. The highest BCUT2D eigenvalue weighted by Gasteiger charge is 2.29. The molecule has 2 fully saturated rings. The van der Waals surface area contributed by atoms with Crippen molar-refractivity contribution in [2.75, 3.05) is 19.0 Å². The predicted molar refractivity (Wildman–Crippen MR) is 41.2 cm³/mol. The Hall–Kier alpha value is 0.270. The molecule has 1 unspecified atom stereocenters. The van der Waals surface area contributed by atoms with E-state index < -0.39 is 0 Å². The zero-order chi connectivity index (χ0) is 6.81. The molecule has 0 amide bonds. The third kappa shape index (κ3) is 1.31. The molecule has 2 saturated heterocycles. The van der Waals surface area contributed by atoms with Gasteiger partial charge in [-0.25, -0.2) is 0 Å². The summed E-state index contributed by atoms with van der Waals surface area (Å²) in [4.78, 5) is 0. The Bertz CT molecular complexity index is 92.2. The summed E-state index contributed by atoms with van der Waals surface area (Å²) in [6.07, 6.45) is 2.72. The topological polar surface area (TPSA) is 18.5 Å². The maximum Gasteiger partial charge on any atom is 0.169 e. The van der Waals surface area contributed by atoms with Crippen molar-refractivity contribution < 1.29 is 9.47 Å². The minimum atomic E-state index is 0.118. The van der Waals surface area contributed by atoms with E-state index in [1.54, 1.807) is 0 Å². The molecule has 0 aromatic carbocycles. The van der Waals surface area contributed by atoms with E-state index >= 15 is 0 Å². The first-order valence-electron chi connectivity index (χ1n) is 3.81. The summed E-state index contributed by atoms with van der Waals surface area (Å²) in [7, 11) is 0. The Labute approximate surface area is 65.3 Å². The van der Waals surface area contributed by atoms with Gasteiger partial charge in [0.15, 0.2) is 6.29 Å².